The summed E-state index contributed by atoms with van der Waals surface area (Å²) in [4.78, 5) is 10.6. The van der Waals surface area contributed by atoms with Crippen LogP contribution in [-0.4, -0.2) is 26.1 Å². The fraction of sp³-hybridized carbons (Fsp3) is 0.250. The van der Waals surface area contributed by atoms with Crippen LogP contribution in [0.2, 0.25) is 0 Å². The summed E-state index contributed by atoms with van der Waals surface area (Å²) in [7, 11) is 0. The quantitative estimate of drug-likeness (QED) is 0.884. The van der Waals surface area contributed by atoms with Gasteiger partial charge in [-0.3, -0.25) is 4.79 Å². The Labute approximate surface area is 115 Å². The molecule has 0 radical (unpaired) electrons. The van der Waals surface area contributed by atoms with E-state index in [2.05, 4.69) is 10.3 Å². The third-order valence-electron chi connectivity index (χ3n) is 2.81. The lowest BCUT2D eigenvalue weighted by atomic mass is 10.1. The topological polar surface area (TPSA) is 68.0 Å². The van der Waals surface area contributed by atoms with Crippen LogP contribution in [0.25, 0.3) is 5.69 Å². The van der Waals surface area contributed by atoms with Gasteiger partial charge in [-0.25, -0.2) is 9.07 Å². The lowest BCUT2D eigenvalue weighted by molar-refractivity contribution is -0.138. The summed E-state index contributed by atoms with van der Waals surface area (Å²) >= 11 is 0. The van der Waals surface area contributed by atoms with E-state index in [4.69, 9.17) is 5.11 Å². The number of alkyl halides is 3. The average molecular weight is 303 g/mol. The van der Waals surface area contributed by atoms with Crippen LogP contribution in [-0.2, 0) is 17.4 Å². The molecular weight excluding hydrogens is 294 g/mol. The number of hydrogen-bond donors (Lipinski definition) is 1. The van der Waals surface area contributed by atoms with Gasteiger partial charge in [-0.2, -0.15) is 13.2 Å². The lowest BCUT2D eigenvalue weighted by Gasteiger charge is -2.10. The Morgan fingerprint density at radius 1 is 1.38 bits per heavy atom. The van der Waals surface area contributed by atoms with Gasteiger partial charge in [0.25, 0.3) is 0 Å². The number of aromatic nitrogens is 3. The highest BCUT2D eigenvalue weighted by Crippen LogP contribution is 2.31. The molecule has 0 amide bonds. The largest absolute Gasteiger partial charge is 0.481 e. The van der Waals surface area contributed by atoms with Crippen LogP contribution in [0.3, 0.4) is 0 Å². The van der Waals surface area contributed by atoms with Gasteiger partial charge in [0.05, 0.1) is 23.4 Å². The Balaban J connectivity index is 2.52. The minimum absolute atomic E-state index is 0.0549. The molecule has 1 aromatic heterocycles. The molecule has 5 nitrogen and oxygen atoms in total. The molecular formula is C12H9F4N3O2. The van der Waals surface area contributed by atoms with Gasteiger partial charge < -0.3 is 5.11 Å². The molecule has 0 spiro atoms. The maximum absolute atomic E-state index is 13.7. The number of nitrogens with zero attached hydrogens (tertiary/aromatic N) is 3. The number of carboxylic acids is 1. The first kappa shape index (κ1) is 14.9. The fourth-order valence-electron chi connectivity index (χ4n) is 1.75. The van der Waals surface area contributed by atoms with Crippen molar-refractivity contribution in [1.29, 1.82) is 0 Å². The van der Waals surface area contributed by atoms with Crippen molar-refractivity contribution in [1.82, 2.24) is 15.0 Å². The highest BCUT2D eigenvalue weighted by Gasteiger charge is 2.31. The van der Waals surface area contributed by atoms with Crippen LogP contribution in [0.1, 0.15) is 17.0 Å². The molecule has 1 heterocycles. The highest BCUT2D eigenvalue weighted by atomic mass is 19.4. The first-order valence-electron chi connectivity index (χ1n) is 5.70. The van der Waals surface area contributed by atoms with Crippen LogP contribution in [0.5, 0.6) is 0 Å². The third-order valence-corrected chi connectivity index (χ3v) is 2.81. The minimum Gasteiger partial charge on any atom is -0.481 e. The van der Waals surface area contributed by atoms with E-state index in [0.717, 1.165) is 4.68 Å². The van der Waals surface area contributed by atoms with Gasteiger partial charge in [0.1, 0.15) is 11.5 Å². The van der Waals surface area contributed by atoms with E-state index in [9.17, 15) is 22.4 Å². The van der Waals surface area contributed by atoms with Crippen LogP contribution in [0.4, 0.5) is 17.6 Å². The van der Waals surface area contributed by atoms with Crippen LogP contribution in [0, 0.1) is 12.7 Å². The number of hydrogen-bond acceptors (Lipinski definition) is 3. The SMILES string of the molecule is Cc1c(CC(=O)O)nnn1-c1cc(C(F)(F)F)ccc1F. The minimum atomic E-state index is -4.62. The Morgan fingerprint density at radius 2 is 2.05 bits per heavy atom. The second kappa shape index (κ2) is 5.15. The van der Waals surface area contributed by atoms with Crippen molar-refractivity contribution >= 4 is 5.97 Å². The molecule has 112 valence electrons. The van der Waals surface area contributed by atoms with E-state index < -0.39 is 35.6 Å². The zero-order valence-electron chi connectivity index (χ0n) is 10.6. The molecule has 0 atom stereocenters. The molecule has 0 saturated heterocycles. The molecule has 0 aliphatic carbocycles. The van der Waals surface area contributed by atoms with Gasteiger partial charge in [-0.15, -0.1) is 5.10 Å². The van der Waals surface area contributed by atoms with Crippen molar-refractivity contribution in [3.8, 4) is 5.69 Å². The van der Waals surface area contributed by atoms with Gasteiger partial charge in [0.15, 0.2) is 0 Å². The Bertz CT molecular complexity index is 694. The lowest BCUT2D eigenvalue weighted by Crippen LogP contribution is -2.09. The number of benzene rings is 1. The monoisotopic (exact) mass is 303 g/mol. The second-order valence-corrected chi connectivity index (χ2v) is 4.27. The number of halogens is 4. The summed E-state index contributed by atoms with van der Waals surface area (Å²) in [5, 5.41) is 15.7. The maximum atomic E-state index is 13.7. The molecule has 0 fully saturated rings. The van der Waals surface area contributed by atoms with Crippen molar-refractivity contribution in [3.63, 3.8) is 0 Å². The van der Waals surface area contributed by atoms with Crippen LogP contribution < -0.4 is 0 Å². The van der Waals surface area contributed by atoms with Gasteiger partial charge >= 0.3 is 12.1 Å². The molecule has 2 aromatic rings. The summed E-state index contributed by atoms with van der Waals surface area (Å²) in [6.45, 7) is 1.40. The predicted molar refractivity (Wildman–Crippen MR) is 62.4 cm³/mol. The van der Waals surface area contributed by atoms with Crippen LogP contribution >= 0.6 is 0 Å². The first-order valence-corrected chi connectivity index (χ1v) is 5.70. The third kappa shape index (κ3) is 3.01. The highest BCUT2D eigenvalue weighted by molar-refractivity contribution is 5.69. The number of carboxylic acid groups (broad SMARTS) is 1. The van der Waals surface area contributed by atoms with E-state index in [1.807, 2.05) is 0 Å². The number of aliphatic carboxylic acids is 1. The summed E-state index contributed by atoms with van der Waals surface area (Å²) in [5.41, 5.74) is -1.25. The standard InChI is InChI=1S/C12H9F4N3O2/c1-6-9(5-11(20)21)17-18-19(6)10-4-7(12(14,15)16)2-3-8(10)13/h2-4H,5H2,1H3,(H,20,21). The molecule has 1 N–H and O–H groups in total. The Kier molecular flexibility index (Phi) is 3.67. The summed E-state index contributed by atoms with van der Waals surface area (Å²) in [6.07, 6.45) is -5.08. The molecule has 9 heteroatoms. The molecule has 0 aliphatic heterocycles. The smallest absolute Gasteiger partial charge is 0.416 e. The van der Waals surface area contributed by atoms with E-state index in [-0.39, 0.29) is 11.4 Å². The number of carbonyl (C=O) groups is 1. The normalized spacial score (nSPS) is 11.7. The summed E-state index contributed by atoms with van der Waals surface area (Å²) < 4.78 is 52.5. The van der Waals surface area contributed by atoms with Crippen molar-refractivity contribution in [2.45, 2.75) is 19.5 Å². The summed E-state index contributed by atoms with van der Waals surface area (Å²) in [5.74, 6) is -2.09. The Hall–Kier alpha value is -2.45. The summed E-state index contributed by atoms with van der Waals surface area (Å²) in [6, 6.07) is 1.89. The van der Waals surface area contributed by atoms with Crippen molar-refractivity contribution in [2.75, 3.05) is 0 Å². The van der Waals surface area contributed by atoms with E-state index >= 15 is 0 Å². The van der Waals surface area contributed by atoms with Gasteiger partial charge in [0.2, 0.25) is 0 Å². The van der Waals surface area contributed by atoms with Crippen LogP contribution in [0.15, 0.2) is 18.2 Å². The molecule has 0 saturated carbocycles. The van der Waals surface area contributed by atoms with E-state index in [1.165, 1.54) is 6.92 Å². The maximum Gasteiger partial charge on any atom is 0.416 e. The average Bonchev–Trinajstić information content (AvgIpc) is 2.70. The first-order chi connectivity index (χ1) is 9.70. The predicted octanol–water partition coefficient (Wildman–Crippen LogP) is 2.36. The zero-order valence-corrected chi connectivity index (χ0v) is 10.6. The van der Waals surface area contributed by atoms with Gasteiger partial charge in [-0.05, 0) is 25.1 Å². The van der Waals surface area contributed by atoms with Gasteiger partial charge in [-0.1, -0.05) is 5.21 Å². The molecule has 0 aliphatic rings. The molecule has 0 unspecified atom stereocenters. The molecule has 21 heavy (non-hydrogen) atoms. The van der Waals surface area contributed by atoms with Crippen molar-refractivity contribution < 1.29 is 27.5 Å². The van der Waals surface area contributed by atoms with E-state index in [1.54, 1.807) is 0 Å². The number of rotatable bonds is 3. The van der Waals surface area contributed by atoms with E-state index in [0.29, 0.717) is 18.2 Å². The van der Waals surface area contributed by atoms with Crippen molar-refractivity contribution in [2.24, 2.45) is 0 Å². The van der Waals surface area contributed by atoms with Gasteiger partial charge in [0, 0.05) is 0 Å². The second-order valence-electron chi connectivity index (χ2n) is 4.27. The Morgan fingerprint density at radius 3 is 2.62 bits per heavy atom. The fourth-order valence-corrected chi connectivity index (χ4v) is 1.75. The van der Waals surface area contributed by atoms with Crippen molar-refractivity contribution in [3.05, 3.63) is 41.0 Å². The molecule has 0 bridgehead atoms. The zero-order chi connectivity index (χ0) is 15.8. The molecule has 1 aromatic carbocycles. The molecule has 2 rings (SSSR count).